The summed E-state index contributed by atoms with van der Waals surface area (Å²) < 4.78 is 32.7. The molecule has 0 aliphatic rings. The second kappa shape index (κ2) is 7.77. The van der Waals surface area contributed by atoms with Crippen LogP contribution in [0, 0.1) is 0 Å². The van der Waals surface area contributed by atoms with Gasteiger partial charge in [-0.25, -0.2) is 13.1 Å². The smallest absolute Gasteiger partial charge is 0.241 e. The van der Waals surface area contributed by atoms with E-state index < -0.39 is 15.6 Å². The average Bonchev–Trinajstić information content (AvgIpc) is 2.38. The van der Waals surface area contributed by atoms with Gasteiger partial charge in [0.1, 0.15) is 5.75 Å². The molecule has 0 amide bonds. The molecule has 0 spiro atoms. The molecular weight excluding hydrogens is 290 g/mol. The molecule has 0 unspecified atom stereocenters. The summed E-state index contributed by atoms with van der Waals surface area (Å²) in [6.07, 6.45) is 2.23. The third-order valence-corrected chi connectivity index (χ3v) is 4.70. The Labute approximate surface area is 127 Å². The molecule has 5 nitrogen and oxygen atoms in total. The van der Waals surface area contributed by atoms with Crippen LogP contribution in [0.15, 0.2) is 29.2 Å². The normalized spacial score (nSPS) is 12.4. The first-order valence-electron chi connectivity index (χ1n) is 7.18. The maximum atomic E-state index is 12.3. The Balaban J connectivity index is 2.75. The van der Waals surface area contributed by atoms with Crippen LogP contribution in [0.5, 0.6) is 5.75 Å². The molecule has 1 aromatic carbocycles. The van der Waals surface area contributed by atoms with Gasteiger partial charge in [0.2, 0.25) is 10.0 Å². The second-order valence-electron chi connectivity index (χ2n) is 5.64. The van der Waals surface area contributed by atoms with E-state index in [1.165, 1.54) is 12.1 Å². The maximum absolute atomic E-state index is 12.3. The SMILES string of the molecule is CCCC(C)(C)NS(=O)(=O)c1ccc(OCCCO)cc1. The minimum Gasteiger partial charge on any atom is -0.494 e. The van der Waals surface area contributed by atoms with Crippen LogP contribution in [-0.2, 0) is 10.0 Å². The van der Waals surface area contributed by atoms with Crippen molar-refractivity contribution in [3.05, 3.63) is 24.3 Å². The van der Waals surface area contributed by atoms with E-state index in [0.29, 0.717) is 18.8 Å². The summed E-state index contributed by atoms with van der Waals surface area (Å²) in [5, 5.41) is 8.68. The lowest BCUT2D eigenvalue weighted by Crippen LogP contribution is -2.43. The maximum Gasteiger partial charge on any atom is 0.241 e. The number of aliphatic hydroxyl groups is 1. The molecule has 1 aromatic rings. The molecule has 0 saturated carbocycles. The highest BCUT2D eigenvalue weighted by Crippen LogP contribution is 2.19. The fraction of sp³-hybridized carbons (Fsp3) is 0.600. The molecule has 1 rings (SSSR count). The largest absolute Gasteiger partial charge is 0.494 e. The zero-order valence-corrected chi connectivity index (χ0v) is 13.7. The molecule has 0 bridgehead atoms. The summed E-state index contributed by atoms with van der Waals surface area (Å²) in [5.41, 5.74) is -0.468. The minimum absolute atomic E-state index is 0.0723. The number of ether oxygens (including phenoxy) is 1. The van der Waals surface area contributed by atoms with Crippen molar-refractivity contribution in [2.24, 2.45) is 0 Å². The van der Waals surface area contributed by atoms with Gasteiger partial charge in [0, 0.05) is 18.6 Å². The van der Waals surface area contributed by atoms with Crippen molar-refractivity contribution in [2.75, 3.05) is 13.2 Å². The summed E-state index contributed by atoms with van der Waals surface area (Å²) >= 11 is 0. The first-order chi connectivity index (χ1) is 9.80. The van der Waals surface area contributed by atoms with Crippen LogP contribution in [0.2, 0.25) is 0 Å². The van der Waals surface area contributed by atoms with Gasteiger partial charge in [0.15, 0.2) is 0 Å². The van der Waals surface area contributed by atoms with Crippen LogP contribution in [0.3, 0.4) is 0 Å². The summed E-state index contributed by atoms with van der Waals surface area (Å²) in [4.78, 5) is 0.223. The van der Waals surface area contributed by atoms with Crippen molar-refractivity contribution in [1.82, 2.24) is 4.72 Å². The minimum atomic E-state index is -3.53. The molecule has 0 aliphatic carbocycles. The Morgan fingerprint density at radius 1 is 1.24 bits per heavy atom. The lowest BCUT2D eigenvalue weighted by Gasteiger charge is -2.25. The van der Waals surface area contributed by atoms with E-state index >= 15 is 0 Å². The van der Waals surface area contributed by atoms with E-state index in [1.807, 2.05) is 20.8 Å². The molecule has 0 radical (unpaired) electrons. The molecule has 0 aliphatic heterocycles. The average molecular weight is 315 g/mol. The van der Waals surface area contributed by atoms with E-state index in [1.54, 1.807) is 12.1 Å². The van der Waals surface area contributed by atoms with Gasteiger partial charge in [0.25, 0.3) is 0 Å². The van der Waals surface area contributed by atoms with E-state index in [2.05, 4.69) is 4.72 Å². The van der Waals surface area contributed by atoms with Gasteiger partial charge in [-0.3, -0.25) is 0 Å². The molecular formula is C15H25NO4S. The van der Waals surface area contributed by atoms with E-state index in [-0.39, 0.29) is 11.5 Å². The van der Waals surface area contributed by atoms with Crippen LogP contribution in [0.4, 0.5) is 0 Å². The van der Waals surface area contributed by atoms with Crippen LogP contribution in [0.25, 0.3) is 0 Å². The number of sulfonamides is 1. The molecule has 0 saturated heterocycles. The van der Waals surface area contributed by atoms with Gasteiger partial charge >= 0.3 is 0 Å². The molecule has 2 N–H and O–H groups in total. The topological polar surface area (TPSA) is 75.6 Å². The summed E-state index contributed by atoms with van der Waals surface area (Å²) in [6.45, 7) is 6.25. The highest BCUT2D eigenvalue weighted by atomic mass is 32.2. The Kier molecular flexibility index (Phi) is 6.64. The Hall–Kier alpha value is -1.11. The summed E-state index contributed by atoms with van der Waals surface area (Å²) in [6, 6.07) is 6.30. The lowest BCUT2D eigenvalue weighted by molar-refractivity contribution is 0.233. The monoisotopic (exact) mass is 315 g/mol. The standard InChI is InChI=1S/C15H25NO4S/c1-4-10-15(2,3)16-21(18,19)14-8-6-13(7-9-14)20-12-5-11-17/h6-9,16-17H,4-5,10-12H2,1-3H3. The molecule has 120 valence electrons. The number of hydrogen-bond acceptors (Lipinski definition) is 4. The quantitative estimate of drug-likeness (QED) is 0.686. The van der Waals surface area contributed by atoms with Crippen molar-refractivity contribution >= 4 is 10.0 Å². The van der Waals surface area contributed by atoms with Crippen molar-refractivity contribution < 1.29 is 18.3 Å². The predicted molar refractivity (Wildman–Crippen MR) is 82.9 cm³/mol. The third-order valence-electron chi connectivity index (χ3n) is 2.99. The number of nitrogens with one attached hydrogen (secondary N) is 1. The van der Waals surface area contributed by atoms with Crippen LogP contribution >= 0.6 is 0 Å². The number of aliphatic hydroxyl groups excluding tert-OH is 1. The van der Waals surface area contributed by atoms with Gasteiger partial charge in [-0.15, -0.1) is 0 Å². The molecule has 0 atom stereocenters. The van der Waals surface area contributed by atoms with Crippen molar-refractivity contribution in [1.29, 1.82) is 0 Å². The van der Waals surface area contributed by atoms with Gasteiger partial charge in [-0.1, -0.05) is 13.3 Å². The highest BCUT2D eigenvalue weighted by Gasteiger charge is 2.25. The third kappa shape index (κ3) is 6.03. The van der Waals surface area contributed by atoms with Crippen molar-refractivity contribution in [3.8, 4) is 5.75 Å². The molecule has 0 aromatic heterocycles. The zero-order chi connectivity index (χ0) is 15.9. The lowest BCUT2D eigenvalue weighted by atomic mass is 10.0. The molecule has 6 heteroatoms. The van der Waals surface area contributed by atoms with E-state index in [9.17, 15) is 8.42 Å². The Morgan fingerprint density at radius 2 is 1.86 bits per heavy atom. The molecule has 0 heterocycles. The van der Waals surface area contributed by atoms with Gasteiger partial charge < -0.3 is 9.84 Å². The van der Waals surface area contributed by atoms with E-state index in [4.69, 9.17) is 9.84 Å². The molecule has 0 fully saturated rings. The van der Waals surface area contributed by atoms with Gasteiger partial charge in [-0.05, 0) is 44.5 Å². The highest BCUT2D eigenvalue weighted by molar-refractivity contribution is 7.89. The second-order valence-corrected chi connectivity index (χ2v) is 7.32. The number of rotatable bonds is 9. The first-order valence-corrected chi connectivity index (χ1v) is 8.67. The summed E-state index contributed by atoms with van der Waals surface area (Å²) in [5.74, 6) is 0.593. The fourth-order valence-corrected chi connectivity index (χ4v) is 3.51. The van der Waals surface area contributed by atoms with Gasteiger partial charge in [-0.2, -0.15) is 0 Å². The number of hydrogen-bond donors (Lipinski definition) is 2. The fourth-order valence-electron chi connectivity index (χ4n) is 2.07. The zero-order valence-electron chi connectivity index (χ0n) is 12.9. The first kappa shape index (κ1) is 17.9. The van der Waals surface area contributed by atoms with Crippen LogP contribution in [-0.4, -0.2) is 32.3 Å². The summed E-state index contributed by atoms with van der Waals surface area (Å²) in [7, 11) is -3.53. The molecule has 21 heavy (non-hydrogen) atoms. The Morgan fingerprint density at radius 3 is 2.38 bits per heavy atom. The number of benzene rings is 1. The van der Waals surface area contributed by atoms with Crippen LogP contribution < -0.4 is 9.46 Å². The van der Waals surface area contributed by atoms with Crippen LogP contribution in [0.1, 0.15) is 40.0 Å². The van der Waals surface area contributed by atoms with Crippen molar-refractivity contribution in [3.63, 3.8) is 0 Å². The van der Waals surface area contributed by atoms with Crippen molar-refractivity contribution in [2.45, 2.75) is 50.5 Å². The van der Waals surface area contributed by atoms with Gasteiger partial charge in [0.05, 0.1) is 11.5 Å². The Bertz CT molecular complexity index is 523. The van der Waals surface area contributed by atoms with E-state index in [0.717, 1.165) is 12.8 Å². The predicted octanol–water partition coefficient (Wildman–Crippen LogP) is 2.30.